The maximum Gasteiger partial charge on any atom is 0.298 e. The zero-order valence-electron chi connectivity index (χ0n) is 14.2. The number of carbonyl (C=O) groups is 2. The highest BCUT2D eigenvalue weighted by Gasteiger charge is 2.40. The first-order valence-electron chi connectivity index (χ1n) is 8.14. The fraction of sp³-hybridized carbons (Fsp3) is 0.211. The summed E-state index contributed by atoms with van der Waals surface area (Å²) in [6.45, 7) is 2.76. The van der Waals surface area contributed by atoms with Gasteiger partial charge in [-0.15, -0.1) is 5.10 Å². The summed E-state index contributed by atoms with van der Waals surface area (Å²) in [5.41, 5.74) is 1.45. The van der Waals surface area contributed by atoms with Crippen LogP contribution in [0.5, 0.6) is 5.75 Å². The monoisotopic (exact) mass is 354 g/mol. The van der Waals surface area contributed by atoms with Gasteiger partial charge in [-0.25, -0.2) is 0 Å². The summed E-state index contributed by atoms with van der Waals surface area (Å²) < 4.78 is 16.0. The molecule has 1 aliphatic rings. The number of carbonyl (C=O) groups excluding carboxylic acids is 2. The lowest BCUT2D eigenvalue weighted by Crippen LogP contribution is -2.37. The van der Waals surface area contributed by atoms with Crippen molar-refractivity contribution in [3.8, 4) is 5.75 Å². The molecule has 0 radical (unpaired) electrons. The van der Waals surface area contributed by atoms with E-state index in [2.05, 4.69) is 5.10 Å². The van der Waals surface area contributed by atoms with Gasteiger partial charge in [-0.3, -0.25) is 9.59 Å². The van der Waals surface area contributed by atoms with E-state index in [1.807, 2.05) is 25.1 Å². The molecule has 1 aliphatic heterocycles. The maximum atomic E-state index is 12.8. The third-order valence-corrected chi connectivity index (χ3v) is 3.64. The minimum atomic E-state index is -0.952. The van der Waals surface area contributed by atoms with Crippen molar-refractivity contribution in [2.24, 2.45) is 5.10 Å². The number of hydrogen-bond donors (Lipinski definition) is 0. The van der Waals surface area contributed by atoms with Crippen molar-refractivity contribution in [3.05, 3.63) is 60.2 Å². The molecule has 1 atom stereocenters. The number of benzene rings is 2. The Labute approximate surface area is 150 Å². The van der Waals surface area contributed by atoms with Gasteiger partial charge in [-0.05, 0) is 36.8 Å². The van der Waals surface area contributed by atoms with E-state index in [0.29, 0.717) is 24.5 Å². The first-order chi connectivity index (χ1) is 12.7. The smallest absolute Gasteiger partial charge is 0.298 e. The molecular formula is C19H18N2O5. The number of para-hydroxylation sites is 1. The van der Waals surface area contributed by atoms with Crippen LogP contribution in [0.15, 0.2) is 59.7 Å². The molecule has 0 spiro atoms. The molecule has 0 saturated heterocycles. The van der Waals surface area contributed by atoms with E-state index >= 15 is 0 Å². The Morgan fingerprint density at radius 1 is 1.12 bits per heavy atom. The SMILES string of the molecule is CCOC1=NN(c2ccccc2)C(=O)C1Oc1ccc(COC=O)cc1. The molecule has 134 valence electrons. The zero-order valence-corrected chi connectivity index (χ0v) is 14.2. The number of anilines is 1. The van der Waals surface area contributed by atoms with Gasteiger partial charge in [-0.1, -0.05) is 30.3 Å². The lowest BCUT2D eigenvalue weighted by molar-refractivity contribution is -0.129. The van der Waals surface area contributed by atoms with Crippen molar-refractivity contribution in [1.82, 2.24) is 0 Å². The lowest BCUT2D eigenvalue weighted by Gasteiger charge is -2.15. The second-order valence-electron chi connectivity index (χ2n) is 5.41. The van der Waals surface area contributed by atoms with Gasteiger partial charge in [0.05, 0.1) is 12.3 Å². The Morgan fingerprint density at radius 2 is 1.85 bits per heavy atom. The molecule has 3 rings (SSSR count). The third kappa shape index (κ3) is 3.83. The molecule has 1 unspecified atom stereocenters. The van der Waals surface area contributed by atoms with Gasteiger partial charge >= 0.3 is 0 Å². The summed E-state index contributed by atoms with van der Waals surface area (Å²) in [6, 6.07) is 16.0. The third-order valence-electron chi connectivity index (χ3n) is 3.64. The minimum absolute atomic E-state index is 0.180. The molecular weight excluding hydrogens is 336 g/mol. The molecule has 1 amide bonds. The van der Waals surface area contributed by atoms with Crippen LogP contribution in [0.1, 0.15) is 12.5 Å². The van der Waals surface area contributed by atoms with E-state index in [9.17, 15) is 9.59 Å². The van der Waals surface area contributed by atoms with Crippen molar-refractivity contribution in [2.75, 3.05) is 11.6 Å². The first-order valence-corrected chi connectivity index (χ1v) is 8.14. The molecule has 1 heterocycles. The van der Waals surface area contributed by atoms with Gasteiger partial charge in [0, 0.05) is 0 Å². The number of nitrogens with zero attached hydrogens (tertiary/aromatic N) is 2. The van der Waals surface area contributed by atoms with Gasteiger partial charge in [0.15, 0.2) is 0 Å². The lowest BCUT2D eigenvalue weighted by atomic mass is 10.2. The van der Waals surface area contributed by atoms with Crippen LogP contribution in [-0.4, -0.2) is 31.0 Å². The van der Waals surface area contributed by atoms with Crippen LogP contribution >= 0.6 is 0 Å². The predicted octanol–water partition coefficient (Wildman–Crippen LogP) is 2.50. The summed E-state index contributed by atoms with van der Waals surface area (Å²) >= 11 is 0. The Balaban J connectivity index is 1.76. The average molecular weight is 354 g/mol. The fourth-order valence-electron chi connectivity index (χ4n) is 2.45. The topological polar surface area (TPSA) is 77.4 Å². The highest BCUT2D eigenvalue weighted by molar-refractivity contribution is 6.15. The molecule has 2 aromatic carbocycles. The number of rotatable bonds is 7. The predicted molar refractivity (Wildman–Crippen MR) is 94.7 cm³/mol. The highest BCUT2D eigenvalue weighted by Crippen LogP contribution is 2.24. The fourth-order valence-corrected chi connectivity index (χ4v) is 2.45. The van der Waals surface area contributed by atoms with Crippen LogP contribution in [0.3, 0.4) is 0 Å². The molecule has 0 saturated carbocycles. The van der Waals surface area contributed by atoms with E-state index in [0.717, 1.165) is 5.56 Å². The van der Waals surface area contributed by atoms with Crippen molar-refractivity contribution in [1.29, 1.82) is 0 Å². The van der Waals surface area contributed by atoms with Gasteiger partial charge in [0.2, 0.25) is 0 Å². The standard InChI is InChI=1S/C19H18N2O5/c1-2-25-18-17(19(23)21(20-18)15-6-4-3-5-7-15)26-16-10-8-14(9-11-16)12-24-13-22/h3-11,13,17H,2,12H2,1H3. The molecule has 7 nitrogen and oxygen atoms in total. The molecule has 7 heteroatoms. The van der Waals surface area contributed by atoms with Gasteiger partial charge < -0.3 is 14.2 Å². The van der Waals surface area contributed by atoms with Crippen LogP contribution in [0, 0.1) is 0 Å². The average Bonchev–Trinajstić information content (AvgIpc) is 2.98. The van der Waals surface area contributed by atoms with E-state index in [-0.39, 0.29) is 18.4 Å². The molecule has 26 heavy (non-hydrogen) atoms. The highest BCUT2D eigenvalue weighted by atomic mass is 16.6. The zero-order chi connectivity index (χ0) is 18.4. The van der Waals surface area contributed by atoms with Crippen LogP contribution in [-0.2, 0) is 25.7 Å². The van der Waals surface area contributed by atoms with Crippen LogP contribution in [0.4, 0.5) is 5.69 Å². The Morgan fingerprint density at radius 3 is 2.50 bits per heavy atom. The van der Waals surface area contributed by atoms with Crippen LogP contribution in [0.2, 0.25) is 0 Å². The van der Waals surface area contributed by atoms with E-state index in [1.165, 1.54) is 5.01 Å². The second-order valence-corrected chi connectivity index (χ2v) is 5.41. The number of hydrazone groups is 1. The first kappa shape index (κ1) is 17.5. The van der Waals surface area contributed by atoms with Crippen molar-refractivity contribution in [2.45, 2.75) is 19.6 Å². The van der Waals surface area contributed by atoms with Crippen molar-refractivity contribution < 1.29 is 23.8 Å². The summed E-state index contributed by atoms with van der Waals surface area (Å²) in [5, 5.41) is 5.54. The van der Waals surface area contributed by atoms with Crippen LogP contribution < -0.4 is 9.75 Å². The quantitative estimate of drug-likeness (QED) is 0.714. The van der Waals surface area contributed by atoms with E-state index in [1.54, 1.807) is 36.4 Å². The van der Waals surface area contributed by atoms with Crippen LogP contribution in [0.25, 0.3) is 0 Å². The Hall–Kier alpha value is -3.35. The van der Waals surface area contributed by atoms with Crippen molar-refractivity contribution >= 4 is 24.0 Å². The van der Waals surface area contributed by atoms with E-state index < -0.39 is 6.10 Å². The Kier molecular flexibility index (Phi) is 5.48. The summed E-state index contributed by atoms with van der Waals surface area (Å²) in [4.78, 5) is 23.0. The van der Waals surface area contributed by atoms with Gasteiger partial charge in [0.1, 0.15) is 12.4 Å². The van der Waals surface area contributed by atoms with Gasteiger partial charge in [0.25, 0.3) is 24.4 Å². The largest absolute Gasteiger partial charge is 0.477 e. The number of ether oxygens (including phenoxy) is 3. The molecule has 0 aliphatic carbocycles. The molecule has 0 fully saturated rings. The molecule has 0 aromatic heterocycles. The van der Waals surface area contributed by atoms with Crippen molar-refractivity contribution in [3.63, 3.8) is 0 Å². The van der Waals surface area contributed by atoms with Gasteiger partial charge in [-0.2, -0.15) is 5.01 Å². The normalized spacial score (nSPS) is 16.2. The molecule has 0 N–H and O–H groups in total. The Bertz CT molecular complexity index is 789. The summed E-state index contributed by atoms with van der Waals surface area (Å²) in [5.74, 6) is 0.378. The van der Waals surface area contributed by atoms with E-state index in [4.69, 9.17) is 14.2 Å². The number of hydrogen-bond acceptors (Lipinski definition) is 6. The maximum absolute atomic E-state index is 12.8. The second kappa shape index (κ2) is 8.15. The number of amides is 1. The summed E-state index contributed by atoms with van der Waals surface area (Å²) in [7, 11) is 0. The molecule has 2 aromatic rings. The minimum Gasteiger partial charge on any atom is -0.477 e. The molecule has 0 bridgehead atoms. The summed E-state index contributed by atoms with van der Waals surface area (Å²) in [6.07, 6.45) is -0.952.